The summed E-state index contributed by atoms with van der Waals surface area (Å²) in [6, 6.07) is 7.79. The maximum Gasteiger partial charge on any atom is 0.184 e. The van der Waals surface area contributed by atoms with Crippen molar-refractivity contribution in [3.8, 4) is 11.5 Å². The van der Waals surface area contributed by atoms with Gasteiger partial charge in [-0.25, -0.2) is 4.98 Å². The minimum atomic E-state index is -0.105. The Morgan fingerprint density at radius 2 is 2.14 bits per heavy atom. The Kier molecular flexibility index (Phi) is 4.41. The second kappa shape index (κ2) is 6.45. The average molecular weight is 304 g/mol. The molecule has 0 radical (unpaired) electrons. The zero-order valence-corrected chi connectivity index (χ0v) is 13.2. The molecule has 1 atom stereocenters. The van der Waals surface area contributed by atoms with Crippen LogP contribution >= 0.6 is 11.3 Å². The van der Waals surface area contributed by atoms with Gasteiger partial charge in [-0.3, -0.25) is 0 Å². The molecule has 0 spiro atoms. The molecule has 0 saturated carbocycles. The molecule has 2 heterocycles. The summed E-state index contributed by atoms with van der Waals surface area (Å²) in [5.74, 6) is 1.62. The molecule has 1 aromatic heterocycles. The molecule has 21 heavy (non-hydrogen) atoms. The van der Waals surface area contributed by atoms with Crippen molar-refractivity contribution in [2.45, 2.75) is 32.4 Å². The molecule has 1 aromatic carbocycles. The van der Waals surface area contributed by atoms with Gasteiger partial charge < -0.3 is 14.8 Å². The molecule has 5 heteroatoms. The van der Waals surface area contributed by atoms with Crippen LogP contribution in [-0.4, -0.2) is 18.6 Å². The van der Waals surface area contributed by atoms with Crippen molar-refractivity contribution in [2.75, 3.05) is 13.7 Å². The number of nitrogens with one attached hydrogen (secondary N) is 1. The van der Waals surface area contributed by atoms with Gasteiger partial charge in [-0.2, -0.15) is 0 Å². The Balaban J connectivity index is 1.83. The Hall–Kier alpha value is -1.59. The number of thiazole rings is 1. The van der Waals surface area contributed by atoms with Gasteiger partial charge in [0.1, 0.15) is 11.6 Å². The van der Waals surface area contributed by atoms with Gasteiger partial charge in [0.25, 0.3) is 0 Å². The fourth-order valence-electron chi connectivity index (χ4n) is 2.41. The van der Waals surface area contributed by atoms with Crippen LogP contribution in [0.3, 0.4) is 0 Å². The summed E-state index contributed by atoms with van der Waals surface area (Å²) < 4.78 is 11.8. The van der Waals surface area contributed by atoms with Crippen LogP contribution in [0, 0.1) is 0 Å². The summed E-state index contributed by atoms with van der Waals surface area (Å²) in [5, 5.41) is 4.23. The van der Waals surface area contributed by atoms with E-state index in [4.69, 9.17) is 14.5 Å². The standard InChI is InChI=1S/C16H20N2O2S/c1-3-6-11-15(9-17-2)21-16(18-11)14-10-19-12-7-4-5-8-13(12)20-14/h4-5,7-8,14,17H,3,6,9-10H2,1-2H3. The predicted molar refractivity (Wildman–Crippen MR) is 84.2 cm³/mol. The molecular weight excluding hydrogens is 284 g/mol. The lowest BCUT2D eigenvalue weighted by molar-refractivity contribution is 0.0910. The summed E-state index contributed by atoms with van der Waals surface area (Å²) >= 11 is 1.73. The number of hydrogen-bond acceptors (Lipinski definition) is 5. The van der Waals surface area contributed by atoms with E-state index >= 15 is 0 Å². The Labute approximate surface area is 129 Å². The highest BCUT2D eigenvalue weighted by molar-refractivity contribution is 7.11. The molecular formula is C16H20N2O2S. The molecule has 0 fully saturated rings. The van der Waals surface area contributed by atoms with E-state index in [9.17, 15) is 0 Å². The molecule has 1 aliphatic heterocycles. The van der Waals surface area contributed by atoms with Crippen molar-refractivity contribution < 1.29 is 9.47 Å². The van der Waals surface area contributed by atoms with Crippen molar-refractivity contribution in [3.63, 3.8) is 0 Å². The van der Waals surface area contributed by atoms with Crippen molar-refractivity contribution in [2.24, 2.45) is 0 Å². The minimum Gasteiger partial charge on any atom is -0.485 e. The van der Waals surface area contributed by atoms with Crippen LogP contribution in [0.25, 0.3) is 0 Å². The largest absolute Gasteiger partial charge is 0.485 e. The number of hydrogen-bond donors (Lipinski definition) is 1. The third-order valence-corrected chi connectivity index (χ3v) is 4.59. The Morgan fingerprint density at radius 3 is 2.90 bits per heavy atom. The molecule has 1 N–H and O–H groups in total. The van der Waals surface area contributed by atoms with Crippen LogP contribution in [0.2, 0.25) is 0 Å². The zero-order chi connectivity index (χ0) is 14.7. The number of para-hydroxylation sites is 2. The normalized spacial score (nSPS) is 17.0. The lowest BCUT2D eigenvalue weighted by Gasteiger charge is -2.24. The van der Waals surface area contributed by atoms with E-state index in [1.165, 1.54) is 10.6 Å². The van der Waals surface area contributed by atoms with Crippen LogP contribution in [0.15, 0.2) is 24.3 Å². The summed E-state index contributed by atoms with van der Waals surface area (Å²) in [6.45, 7) is 3.56. The summed E-state index contributed by atoms with van der Waals surface area (Å²) in [6.07, 6.45) is 2.01. The van der Waals surface area contributed by atoms with E-state index in [0.717, 1.165) is 35.9 Å². The molecule has 0 aliphatic carbocycles. The Bertz CT molecular complexity index is 589. The minimum absolute atomic E-state index is 0.105. The highest BCUT2D eigenvalue weighted by Crippen LogP contribution is 2.37. The monoisotopic (exact) mass is 304 g/mol. The summed E-state index contributed by atoms with van der Waals surface area (Å²) in [7, 11) is 1.96. The van der Waals surface area contributed by atoms with Crippen molar-refractivity contribution in [1.29, 1.82) is 0 Å². The molecule has 0 amide bonds. The number of ether oxygens (including phenoxy) is 2. The lowest BCUT2D eigenvalue weighted by Crippen LogP contribution is -2.21. The van der Waals surface area contributed by atoms with Gasteiger partial charge in [0.2, 0.25) is 0 Å². The third kappa shape index (κ3) is 3.04. The number of aryl methyl sites for hydroxylation is 1. The van der Waals surface area contributed by atoms with Gasteiger partial charge in [0, 0.05) is 11.4 Å². The third-order valence-electron chi connectivity index (χ3n) is 3.40. The molecule has 112 valence electrons. The average Bonchev–Trinajstić information content (AvgIpc) is 2.91. The first kappa shape index (κ1) is 14.4. The van der Waals surface area contributed by atoms with Crippen LogP contribution in [0.1, 0.15) is 35.0 Å². The number of aromatic nitrogens is 1. The quantitative estimate of drug-likeness (QED) is 0.920. The lowest BCUT2D eigenvalue weighted by atomic mass is 10.2. The number of fused-ring (bicyclic) bond motifs is 1. The van der Waals surface area contributed by atoms with Gasteiger partial charge in [0.05, 0.1) is 5.69 Å². The molecule has 0 bridgehead atoms. The van der Waals surface area contributed by atoms with E-state index in [-0.39, 0.29) is 6.10 Å². The van der Waals surface area contributed by atoms with Gasteiger partial charge in [0.15, 0.2) is 17.6 Å². The summed E-state index contributed by atoms with van der Waals surface area (Å²) in [5.41, 5.74) is 1.19. The molecule has 4 nitrogen and oxygen atoms in total. The van der Waals surface area contributed by atoms with Crippen molar-refractivity contribution in [3.05, 3.63) is 39.8 Å². The maximum atomic E-state index is 6.05. The number of rotatable bonds is 5. The molecule has 2 aromatic rings. The SMILES string of the molecule is CCCc1nc(C2COc3ccccc3O2)sc1CNC. The number of nitrogens with zero attached hydrogens (tertiary/aromatic N) is 1. The predicted octanol–water partition coefficient (Wildman–Crippen LogP) is 3.33. The van der Waals surface area contributed by atoms with E-state index < -0.39 is 0 Å². The van der Waals surface area contributed by atoms with E-state index in [1.54, 1.807) is 11.3 Å². The second-order valence-electron chi connectivity index (χ2n) is 5.07. The molecule has 0 saturated heterocycles. The van der Waals surface area contributed by atoms with Crippen LogP contribution < -0.4 is 14.8 Å². The maximum absolute atomic E-state index is 6.05. The Morgan fingerprint density at radius 1 is 1.33 bits per heavy atom. The van der Waals surface area contributed by atoms with Crippen molar-refractivity contribution in [1.82, 2.24) is 10.3 Å². The zero-order valence-electron chi connectivity index (χ0n) is 12.4. The topological polar surface area (TPSA) is 43.4 Å². The first-order valence-corrected chi connectivity index (χ1v) is 8.15. The van der Waals surface area contributed by atoms with Gasteiger partial charge in [-0.1, -0.05) is 25.5 Å². The van der Waals surface area contributed by atoms with Crippen LogP contribution in [-0.2, 0) is 13.0 Å². The second-order valence-corrected chi connectivity index (χ2v) is 6.18. The van der Waals surface area contributed by atoms with Crippen LogP contribution in [0.4, 0.5) is 0 Å². The number of benzene rings is 1. The highest BCUT2D eigenvalue weighted by Gasteiger charge is 2.26. The van der Waals surface area contributed by atoms with Gasteiger partial charge in [-0.15, -0.1) is 11.3 Å². The van der Waals surface area contributed by atoms with Crippen LogP contribution in [0.5, 0.6) is 11.5 Å². The van der Waals surface area contributed by atoms with Gasteiger partial charge >= 0.3 is 0 Å². The molecule has 1 aliphatic rings. The van der Waals surface area contributed by atoms with E-state index in [2.05, 4.69) is 12.2 Å². The van der Waals surface area contributed by atoms with Crippen molar-refractivity contribution >= 4 is 11.3 Å². The van der Waals surface area contributed by atoms with E-state index in [0.29, 0.717) is 6.61 Å². The summed E-state index contributed by atoms with van der Waals surface area (Å²) in [4.78, 5) is 6.09. The fourth-order valence-corrected chi connectivity index (χ4v) is 3.55. The molecule has 1 unspecified atom stereocenters. The molecule has 3 rings (SSSR count). The first-order valence-electron chi connectivity index (χ1n) is 7.33. The highest BCUT2D eigenvalue weighted by atomic mass is 32.1. The van der Waals surface area contributed by atoms with Gasteiger partial charge in [-0.05, 0) is 25.6 Å². The first-order chi connectivity index (χ1) is 10.3. The van der Waals surface area contributed by atoms with E-state index in [1.807, 2.05) is 31.3 Å². The smallest absolute Gasteiger partial charge is 0.184 e. The fraction of sp³-hybridized carbons (Fsp3) is 0.438.